The molecule has 0 unspecified atom stereocenters. The molecule has 0 bridgehead atoms. The van der Waals surface area contributed by atoms with Crippen LogP contribution >= 0.6 is 125 Å². The molecule has 12 nitrogen and oxygen atoms in total. The number of nitrogens with two attached hydrogens (primary N) is 1. The quantitative estimate of drug-likeness (QED) is 0.0644. The van der Waals surface area contributed by atoms with Gasteiger partial charge in [0, 0.05) is 93.9 Å². The second kappa shape index (κ2) is 24.5. The van der Waals surface area contributed by atoms with Crippen molar-refractivity contribution in [3.05, 3.63) is 121 Å². The minimum atomic E-state index is -1.44. The smallest absolute Gasteiger partial charge is 0.222 e. The maximum Gasteiger partial charge on any atom is 0.222 e. The molecule has 7 heterocycles. The van der Waals surface area contributed by atoms with E-state index in [0.717, 1.165) is 48.2 Å². The number of fused-ring (bicyclic) bond motifs is 2. The topological polar surface area (TPSA) is 180 Å². The Hall–Kier alpha value is -2.79. The van der Waals surface area contributed by atoms with E-state index in [2.05, 4.69) is 208 Å². The zero-order valence-corrected chi connectivity index (χ0v) is 44.6. The van der Waals surface area contributed by atoms with Crippen LogP contribution in [0.1, 0.15) is 19.4 Å². The van der Waals surface area contributed by atoms with Gasteiger partial charge < -0.3 is 26.3 Å². The Morgan fingerprint density at radius 2 is 1.22 bits per heavy atom. The summed E-state index contributed by atoms with van der Waals surface area (Å²) >= 11 is 21.0. The Morgan fingerprint density at radius 1 is 0.672 bits per heavy atom. The number of pyridine rings is 5. The second-order valence-corrected chi connectivity index (χ2v) is 24.2. The lowest BCUT2D eigenvalue weighted by Crippen LogP contribution is -2.16. The highest BCUT2D eigenvalue weighted by molar-refractivity contribution is 14.1. The minimum Gasteiger partial charge on any atom is -0.384 e. The SMILES string of the molecule is Brc1cnc2[nH]cc(I)c2c1.Brc1cnc2[nH]ccc2c1.CC(=O)Nc1ncc(Br)cc1C#C[Si](C)(C)C.CC(=O)Nc1ncc(Br)cc1I.Nc1ccc(Br)cn1. The zero-order chi connectivity index (χ0) is 43.0. The van der Waals surface area contributed by atoms with Crippen LogP contribution in [-0.4, -0.2) is 54.8 Å². The first kappa shape index (κ1) is 49.6. The summed E-state index contributed by atoms with van der Waals surface area (Å²) in [5.41, 5.74) is 11.2. The lowest BCUT2D eigenvalue weighted by Gasteiger charge is -2.06. The number of aromatic nitrogens is 7. The molecule has 0 fully saturated rings. The first-order valence-corrected chi connectivity index (χ1v) is 26.2. The van der Waals surface area contributed by atoms with Crippen molar-refractivity contribution < 1.29 is 9.59 Å². The molecule has 0 aromatic carbocycles. The standard InChI is InChI=1S/C12H15BrN2OSi.C7H6BrIN2O.C7H4BrIN2.C7H5BrN2.C5H5BrN2/c1-9(16)15-12-10(5-6-17(2,3)4)7-11(13)8-14-12;1-4(12)11-7-6(9)2-5(8)3-10-7;8-4-1-5-6(9)3-11-7(5)10-2-4;8-6-3-5-1-2-9-7(5)10-4-6;6-4-1-2-5(7)8-3-4/h7-8H,1-4H3,(H,14,15,16);2-3H,1H3,(H,10,11,12);1-3H,(H,10,11);1-4H,(H,9,10);1-3H,(H2,7,8). The van der Waals surface area contributed by atoms with Crippen LogP contribution in [0.4, 0.5) is 17.5 Å². The molecule has 0 radical (unpaired) electrons. The molecule has 0 aliphatic carbocycles. The Morgan fingerprint density at radius 3 is 1.81 bits per heavy atom. The predicted octanol–water partition coefficient (Wildman–Crippen LogP) is 12.1. The lowest BCUT2D eigenvalue weighted by molar-refractivity contribution is -0.115. The summed E-state index contributed by atoms with van der Waals surface area (Å²) in [4.78, 5) is 48.2. The Balaban J connectivity index is 0.000000198. The van der Waals surface area contributed by atoms with Gasteiger partial charge in [0.1, 0.15) is 36.8 Å². The Kier molecular flexibility index (Phi) is 20.9. The number of carbonyl (C=O) groups is 2. The normalized spacial score (nSPS) is 10.1. The van der Waals surface area contributed by atoms with Gasteiger partial charge >= 0.3 is 0 Å². The van der Waals surface area contributed by atoms with E-state index in [9.17, 15) is 9.59 Å². The number of hydrogen-bond acceptors (Lipinski definition) is 8. The van der Waals surface area contributed by atoms with E-state index in [1.807, 2.05) is 42.7 Å². The monoisotopic (exact) mass is 1340 g/mol. The third kappa shape index (κ3) is 18.6. The van der Waals surface area contributed by atoms with Gasteiger partial charge in [-0.3, -0.25) is 9.59 Å². The molecule has 6 N–H and O–H groups in total. The van der Waals surface area contributed by atoms with Gasteiger partial charge in [-0.15, -0.1) is 5.54 Å². The molecule has 58 heavy (non-hydrogen) atoms. The number of hydrogen-bond donors (Lipinski definition) is 5. The summed E-state index contributed by atoms with van der Waals surface area (Å²) in [6.07, 6.45) is 12.3. The number of nitrogens with zero attached hydrogens (tertiary/aromatic N) is 5. The molecule has 2 amide bonds. The molecule has 0 aliphatic heterocycles. The Bertz CT molecular complexity index is 2520. The van der Waals surface area contributed by atoms with Gasteiger partial charge in [-0.05, 0) is 167 Å². The molecule has 0 atom stereocenters. The van der Waals surface area contributed by atoms with Crippen molar-refractivity contribution in [3.8, 4) is 11.5 Å². The summed E-state index contributed by atoms with van der Waals surface area (Å²) in [7, 11) is -1.44. The first-order valence-electron chi connectivity index (χ1n) is 16.6. The number of nitrogen functional groups attached to an aromatic ring is 1. The predicted molar refractivity (Wildman–Crippen MR) is 272 cm³/mol. The van der Waals surface area contributed by atoms with Gasteiger partial charge in [-0.25, -0.2) is 24.9 Å². The van der Waals surface area contributed by atoms with Gasteiger partial charge in [0.15, 0.2) is 0 Å². The molecule has 0 spiro atoms. The molecule has 0 saturated carbocycles. The Labute approximate surface area is 406 Å². The lowest BCUT2D eigenvalue weighted by atomic mass is 10.2. The number of rotatable bonds is 2. The van der Waals surface area contributed by atoms with E-state index >= 15 is 0 Å². The number of anilines is 3. The number of halogens is 7. The highest BCUT2D eigenvalue weighted by atomic mass is 127. The van der Waals surface area contributed by atoms with Crippen LogP contribution in [0.15, 0.2) is 108 Å². The summed E-state index contributed by atoms with van der Waals surface area (Å²) in [5.74, 6) is 4.52. The van der Waals surface area contributed by atoms with E-state index in [1.54, 1.807) is 37.1 Å². The number of H-pyrrole nitrogens is 2. The maximum atomic E-state index is 11.0. The first-order chi connectivity index (χ1) is 27.3. The van der Waals surface area contributed by atoms with Crippen LogP contribution in [0.3, 0.4) is 0 Å². The fourth-order valence-electron chi connectivity index (χ4n) is 3.98. The van der Waals surface area contributed by atoms with Crippen LogP contribution in [0.25, 0.3) is 22.1 Å². The van der Waals surface area contributed by atoms with Crippen molar-refractivity contribution >= 4 is 184 Å². The molecule has 7 aromatic rings. The van der Waals surface area contributed by atoms with Crippen molar-refractivity contribution in [3.63, 3.8) is 0 Å². The summed E-state index contributed by atoms with van der Waals surface area (Å²) in [5, 5.41) is 7.60. The third-order valence-electron chi connectivity index (χ3n) is 6.39. The molecular formula is C38H35Br5I2N10O2Si. The average molecular weight is 1350 g/mol. The summed E-state index contributed by atoms with van der Waals surface area (Å²) < 4.78 is 6.85. The van der Waals surface area contributed by atoms with Crippen LogP contribution in [0.2, 0.25) is 19.6 Å². The zero-order valence-electron chi connectivity index (χ0n) is 31.4. The van der Waals surface area contributed by atoms with E-state index < -0.39 is 8.07 Å². The van der Waals surface area contributed by atoms with Crippen molar-refractivity contribution in [1.82, 2.24) is 34.9 Å². The van der Waals surface area contributed by atoms with E-state index in [1.165, 1.54) is 22.8 Å². The minimum absolute atomic E-state index is 0.109. The molecule has 7 rings (SSSR count). The van der Waals surface area contributed by atoms with Crippen molar-refractivity contribution in [2.45, 2.75) is 33.5 Å². The van der Waals surface area contributed by atoms with Gasteiger partial charge in [0.2, 0.25) is 11.8 Å². The van der Waals surface area contributed by atoms with Gasteiger partial charge in [0.05, 0.1) is 9.13 Å². The van der Waals surface area contributed by atoms with Crippen LogP contribution < -0.4 is 16.4 Å². The molecule has 20 heteroatoms. The highest BCUT2D eigenvalue weighted by Crippen LogP contribution is 2.22. The average Bonchev–Trinajstić information content (AvgIpc) is 3.77. The molecule has 302 valence electrons. The molecule has 0 aliphatic rings. The summed E-state index contributed by atoms with van der Waals surface area (Å²) in [6, 6.07) is 13.4. The van der Waals surface area contributed by atoms with Gasteiger partial charge in [-0.2, -0.15) is 0 Å². The van der Waals surface area contributed by atoms with Crippen LogP contribution in [0, 0.1) is 18.6 Å². The van der Waals surface area contributed by atoms with Crippen molar-refractivity contribution in [2.75, 3.05) is 16.4 Å². The van der Waals surface area contributed by atoms with Crippen LogP contribution in [0.5, 0.6) is 0 Å². The van der Waals surface area contributed by atoms with E-state index in [-0.39, 0.29) is 11.8 Å². The molecule has 0 saturated heterocycles. The molecular weight excluding hydrogens is 1310 g/mol. The summed E-state index contributed by atoms with van der Waals surface area (Å²) in [6.45, 7) is 9.43. The second-order valence-electron chi connectivity index (χ2n) is 12.6. The van der Waals surface area contributed by atoms with Crippen molar-refractivity contribution in [2.24, 2.45) is 0 Å². The largest absolute Gasteiger partial charge is 0.384 e. The van der Waals surface area contributed by atoms with Crippen molar-refractivity contribution in [1.29, 1.82) is 0 Å². The fraction of sp³-hybridized carbons (Fsp3) is 0.132. The highest BCUT2D eigenvalue weighted by Gasteiger charge is 2.10. The molecule has 7 aromatic heterocycles. The van der Waals surface area contributed by atoms with E-state index in [4.69, 9.17) is 5.73 Å². The van der Waals surface area contributed by atoms with Gasteiger partial charge in [-0.1, -0.05) is 25.6 Å². The number of amides is 2. The number of carbonyl (C=O) groups excluding carboxylic acids is 2. The number of nitrogens with one attached hydrogen (secondary N) is 4. The maximum absolute atomic E-state index is 11.0. The van der Waals surface area contributed by atoms with Gasteiger partial charge in [0.25, 0.3) is 0 Å². The fourth-order valence-corrected chi connectivity index (χ4v) is 7.67. The van der Waals surface area contributed by atoms with Crippen LogP contribution in [-0.2, 0) is 9.59 Å². The third-order valence-corrected chi connectivity index (χ3v) is 11.2. The number of aromatic amines is 2. The van der Waals surface area contributed by atoms with E-state index in [0.29, 0.717) is 17.5 Å².